The van der Waals surface area contributed by atoms with E-state index in [2.05, 4.69) is 32.7 Å². The van der Waals surface area contributed by atoms with Crippen LogP contribution in [0.3, 0.4) is 0 Å². The molecule has 134 valence electrons. The standard InChI is InChI=1S/C17H23N5O3/c1-11-9-13(10-12(2)18-11)21-5-7-22(8-6-21)15(23)4-3-14-16(24)20-17(25)19-14/h9-10,14H,3-8H2,1-2H3,(H2,19,20,24,25). The molecule has 0 aliphatic carbocycles. The SMILES string of the molecule is Cc1cc(N2CCN(C(=O)CCC3NC(=O)NC3=O)CC2)cc(C)n1. The van der Waals surface area contributed by atoms with E-state index in [-0.39, 0.29) is 18.2 Å². The third-order valence-electron chi connectivity index (χ3n) is 4.57. The average Bonchev–Trinajstić information content (AvgIpc) is 2.89. The topological polar surface area (TPSA) is 94.6 Å². The maximum absolute atomic E-state index is 12.3. The number of aromatic nitrogens is 1. The molecule has 2 N–H and O–H groups in total. The summed E-state index contributed by atoms with van der Waals surface area (Å²) in [5.41, 5.74) is 3.12. The van der Waals surface area contributed by atoms with Crippen molar-refractivity contribution in [3.05, 3.63) is 23.5 Å². The molecule has 2 saturated heterocycles. The maximum Gasteiger partial charge on any atom is 0.322 e. The molecular formula is C17H23N5O3. The van der Waals surface area contributed by atoms with Gasteiger partial charge in [0, 0.05) is 49.7 Å². The van der Waals surface area contributed by atoms with Crippen molar-refractivity contribution < 1.29 is 14.4 Å². The zero-order chi connectivity index (χ0) is 18.0. The van der Waals surface area contributed by atoms with Gasteiger partial charge in [0.15, 0.2) is 0 Å². The van der Waals surface area contributed by atoms with Crippen LogP contribution in [-0.2, 0) is 9.59 Å². The normalized spacial score (nSPS) is 20.5. The van der Waals surface area contributed by atoms with Crippen molar-refractivity contribution in [2.24, 2.45) is 0 Å². The summed E-state index contributed by atoms with van der Waals surface area (Å²) in [7, 11) is 0. The Morgan fingerprint density at radius 3 is 2.36 bits per heavy atom. The zero-order valence-electron chi connectivity index (χ0n) is 14.5. The predicted octanol–water partition coefficient (Wildman–Crippen LogP) is 0.335. The van der Waals surface area contributed by atoms with Crippen LogP contribution in [0.4, 0.5) is 10.5 Å². The van der Waals surface area contributed by atoms with E-state index in [9.17, 15) is 14.4 Å². The number of hydrogen-bond donors (Lipinski definition) is 2. The molecule has 2 aliphatic rings. The summed E-state index contributed by atoms with van der Waals surface area (Å²) in [6, 6.07) is 3.04. The van der Waals surface area contributed by atoms with E-state index < -0.39 is 12.1 Å². The van der Waals surface area contributed by atoms with E-state index in [1.807, 2.05) is 18.7 Å². The minimum Gasteiger partial charge on any atom is -0.368 e. The molecule has 3 heterocycles. The van der Waals surface area contributed by atoms with Crippen molar-refractivity contribution in [3.63, 3.8) is 0 Å². The van der Waals surface area contributed by atoms with Crippen LogP contribution in [0.15, 0.2) is 12.1 Å². The minimum absolute atomic E-state index is 0.0238. The fourth-order valence-corrected chi connectivity index (χ4v) is 3.30. The Kier molecular flexibility index (Phi) is 4.87. The van der Waals surface area contributed by atoms with Gasteiger partial charge in [0.1, 0.15) is 6.04 Å². The van der Waals surface area contributed by atoms with Crippen LogP contribution in [-0.4, -0.2) is 60.0 Å². The Hall–Kier alpha value is -2.64. The highest BCUT2D eigenvalue weighted by Crippen LogP contribution is 2.19. The smallest absolute Gasteiger partial charge is 0.322 e. The highest BCUT2D eigenvalue weighted by Gasteiger charge is 2.30. The summed E-state index contributed by atoms with van der Waals surface area (Å²) in [5.74, 6) is -0.332. The van der Waals surface area contributed by atoms with Gasteiger partial charge in [-0.15, -0.1) is 0 Å². The van der Waals surface area contributed by atoms with Gasteiger partial charge in [0.25, 0.3) is 5.91 Å². The number of nitrogens with one attached hydrogen (secondary N) is 2. The van der Waals surface area contributed by atoms with Crippen molar-refractivity contribution in [2.75, 3.05) is 31.1 Å². The van der Waals surface area contributed by atoms with Gasteiger partial charge in [-0.3, -0.25) is 19.9 Å². The molecule has 0 saturated carbocycles. The number of carbonyl (C=O) groups excluding carboxylic acids is 3. The molecule has 3 rings (SSSR count). The Balaban J connectivity index is 1.49. The highest BCUT2D eigenvalue weighted by molar-refractivity contribution is 6.04. The van der Waals surface area contributed by atoms with Crippen LogP contribution >= 0.6 is 0 Å². The predicted molar refractivity (Wildman–Crippen MR) is 92.2 cm³/mol. The molecule has 1 aromatic heterocycles. The molecule has 25 heavy (non-hydrogen) atoms. The Morgan fingerprint density at radius 2 is 1.80 bits per heavy atom. The van der Waals surface area contributed by atoms with E-state index >= 15 is 0 Å². The third kappa shape index (κ3) is 4.07. The van der Waals surface area contributed by atoms with Gasteiger partial charge in [-0.25, -0.2) is 4.79 Å². The molecule has 2 aliphatic heterocycles. The summed E-state index contributed by atoms with van der Waals surface area (Å²) in [5, 5.41) is 4.69. The summed E-state index contributed by atoms with van der Waals surface area (Å²) in [6.45, 7) is 6.82. The van der Waals surface area contributed by atoms with Gasteiger partial charge in [0.05, 0.1) is 0 Å². The van der Waals surface area contributed by atoms with Crippen LogP contribution in [0.25, 0.3) is 0 Å². The van der Waals surface area contributed by atoms with Crippen molar-refractivity contribution in [2.45, 2.75) is 32.7 Å². The van der Waals surface area contributed by atoms with Crippen LogP contribution in [0.2, 0.25) is 0 Å². The fraction of sp³-hybridized carbons (Fsp3) is 0.529. The number of urea groups is 1. The first-order valence-corrected chi connectivity index (χ1v) is 8.52. The van der Waals surface area contributed by atoms with Gasteiger partial charge in [-0.1, -0.05) is 0 Å². The summed E-state index contributed by atoms with van der Waals surface area (Å²) >= 11 is 0. The fourth-order valence-electron chi connectivity index (χ4n) is 3.30. The molecule has 1 unspecified atom stereocenters. The number of piperazine rings is 1. The molecule has 0 spiro atoms. The second kappa shape index (κ2) is 7.08. The Labute approximate surface area is 146 Å². The monoisotopic (exact) mass is 345 g/mol. The molecule has 0 aromatic carbocycles. The molecule has 1 aromatic rings. The van der Waals surface area contributed by atoms with Crippen LogP contribution in [0.1, 0.15) is 24.2 Å². The summed E-state index contributed by atoms with van der Waals surface area (Å²) in [4.78, 5) is 43.4. The number of hydrogen-bond acceptors (Lipinski definition) is 5. The van der Waals surface area contributed by atoms with Gasteiger partial charge < -0.3 is 15.1 Å². The van der Waals surface area contributed by atoms with Crippen molar-refractivity contribution in [1.82, 2.24) is 20.5 Å². The highest BCUT2D eigenvalue weighted by atomic mass is 16.2. The number of nitrogens with zero attached hydrogens (tertiary/aromatic N) is 3. The number of imide groups is 1. The average molecular weight is 345 g/mol. The largest absolute Gasteiger partial charge is 0.368 e. The molecule has 4 amide bonds. The molecular weight excluding hydrogens is 322 g/mol. The lowest BCUT2D eigenvalue weighted by Crippen LogP contribution is -2.49. The third-order valence-corrected chi connectivity index (χ3v) is 4.57. The van der Waals surface area contributed by atoms with Crippen molar-refractivity contribution >= 4 is 23.5 Å². The first-order chi connectivity index (χ1) is 11.9. The van der Waals surface area contributed by atoms with Crippen LogP contribution < -0.4 is 15.5 Å². The first kappa shape index (κ1) is 17.2. The first-order valence-electron chi connectivity index (χ1n) is 8.52. The van der Waals surface area contributed by atoms with Crippen LogP contribution in [0, 0.1) is 13.8 Å². The van der Waals surface area contributed by atoms with E-state index in [4.69, 9.17) is 0 Å². The Bertz CT molecular complexity index is 677. The number of aryl methyl sites for hydroxylation is 2. The number of amides is 4. The lowest BCUT2D eigenvalue weighted by molar-refractivity contribution is -0.131. The van der Waals surface area contributed by atoms with Crippen LogP contribution in [0.5, 0.6) is 0 Å². The van der Waals surface area contributed by atoms with Gasteiger partial charge >= 0.3 is 6.03 Å². The second-order valence-corrected chi connectivity index (χ2v) is 6.53. The zero-order valence-corrected chi connectivity index (χ0v) is 14.5. The van der Waals surface area contributed by atoms with Crippen molar-refractivity contribution in [1.29, 1.82) is 0 Å². The molecule has 1 atom stereocenters. The van der Waals surface area contributed by atoms with Gasteiger partial charge in [-0.05, 0) is 32.4 Å². The van der Waals surface area contributed by atoms with Gasteiger partial charge in [-0.2, -0.15) is 0 Å². The molecule has 2 fully saturated rings. The number of anilines is 1. The molecule has 0 bridgehead atoms. The van der Waals surface area contributed by atoms with Crippen molar-refractivity contribution in [3.8, 4) is 0 Å². The summed E-state index contributed by atoms with van der Waals surface area (Å²) < 4.78 is 0. The maximum atomic E-state index is 12.3. The van der Waals surface area contributed by atoms with E-state index in [0.29, 0.717) is 19.5 Å². The molecule has 8 heteroatoms. The van der Waals surface area contributed by atoms with E-state index in [1.54, 1.807) is 0 Å². The number of rotatable bonds is 4. The lowest BCUT2D eigenvalue weighted by atomic mass is 10.1. The lowest BCUT2D eigenvalue weighted by Gasteiger charge is -2.36. The second-order valence-electron chi connectivity index (χ2n) is 6.53. The van der Waals surface area contributed by atoms with E-state index in [1.165, 1.54) is 0 Å². The number of pyridine rings is 1. The Morgan fingerprint density at radius 1 is 1.16 bits per heavy atom. The quantitative estimate of drug-likeness (QED) is 0.767. The van der Waals surface area contributed by atoms with Gasteiger partial charge in [0.2, 0.25) is 5.91 Å². The minimum atomic E-state index is -0.597. The number of carbonyl (C=O) groups is 3. The molecule has 8 nitrogen and oxygen atoms in total. The molecule has 0 radical (unpaired) electrons. The summed E-state index contributed by atoms with van der Waals surface area (Å²) in [6.07, 6.45) is 0.588. The van der Waals surface area contributed by atoms with E-state index in [0.717, 1.165) is 30.2 Å².